The van der Waals surface area contributed by atoms with Crippen LogP contribution in [-0.4, -0.2) is 18.4 Å². The first-order valence-electron chi connectivity index (χ1n) is 6.44. The summed E-state index contributed by atoms with van der Waals surface area (Å²) < 4.78 is 0. The molecule has 0 bridgehead atoms. The molecule has 2 rings (SSSR count). The van der Waals surface area contributed by atoms with Crippen LogP contribution in [0.15, 0.2) is 24.3 Å². The zero-order valence-corrected chi connectivity index (χ0v) is 10.6. The largest absolute Gasteiger partial charge is 0.297 e. The molecule has 1 fully saturated rings. The Balaban J connectivity index is 1.95. The van der Waals surface area contributed by atoms with E-state index in [4.69, 9.17) is 4.84 Å². The molecule has 3 unspecified atom stereocenters. The van der Waals surface area contributed by atoms with Gasteiger partial charge < -0.3 is 0 Å². The quantitative estimate of drug-likeness (QED) is 0.760. The van der Waals surface area contributed by atoms with Crippen molar-refractivity contribution in [1.29, 1.82) is 0 Å². The van der Waals surface area contributed by atoms with Gasteiger partial charge in [-0.05, 0) is 18.3 Å². The average molecular weight is 235 g/mol. The van der Waals surface area contributed by atoms with Crippen molar-refractivity contribution < 1.29 is 9.63 Å². The Labute approximate surface area is 103 Å². The van der Waals surface area contributed by atoms with Gasteiger partial charge in [-0.15, -0.1) is 0 Å². The fourth-order valence-electron chi connectivity index (χ4n) is 2.40. The highest BCUT2D eigenvalue weighted by molar-refractivity contribution is 5.84. The lowest BCUT2D eigenvalue weighted by Crippen LogP contribution is -2.44. The van der Waals surface area contributed by atoms with Gasteiger partial charge in [0.15, 0.2) is 5.78 Å². The highest BCUT2D eigenvalue weighted by atomic mass is 16.7. The van der Waals surface area contributed by atoms with Gasteiger partial charge in [0, 0.05) is 18.9 Å². The van der Waals surface area contributed by atoms with Crippen LogP contribution in [0.3, 0.4) is 0 Å². The molecule has 0 amide bonds. The normalized spacial score (nSPS) is 31.9. The monoisotopic (exact) mass is 235 g/mol. The minimum atomic E-state index is -0.311. The molecule has 94 valence electrons. The number of carbonyl (C=O) groups is 1. The Hall–Kier alpha value is -0.930. The number of hydrogen-bond acceptors (Lipinski definition) is 3. The number of hydroxylamine groups is 1. The molecule has 0 heterocycles. The number of allylic oxidation sites excluding steroid dienone is 3. The van der Waals surface area contributed by atoms with Crippen LogP contribution in [0.1, 0.15) is 26.7 Å². The molecule has 0 aliphatic heterocycles. The van der Waals surface area contributed by atoms with Crippen LogP contribution in [0.25, 0.3) is 0 Å². The summed E-state index contributed by atoms with van der Waals surface area (Å²) in [5, 5.41) is 0. The highest BCUT2D eigenvalue weighted by Crippen LogP contribution is 2.33. The second-order valence-corrected chi connectivity index (χ2v) is 5.30. The standard InChI is InChI=1S/C14H21NO2/c1-10(2)9-15-17-14-12-6-4-3-5-11(12)7-8-13(14)16/h3-6,10-12,14-15H,7-9H2,1-2H3. The number of nitrogens with one attached hydrogen (secondary N) is 1. The third-order valence-corrected chi connectivity index (χ3v) is 3.39. The Morgan fingerprint density at radius 2 is 2.18 bits per heavy atom. The van der Waals surface area contributed by atoms with Gasteiger partial charge in [0.1, 0.15) is 6.10 Å². The maximum Gasteiger partial charge on any atom is 0.164 e. The molecular formula is C14H21NO2. The molecule has 1 N–H and O–H groups in total. The molecule has 3 atom stereocenters. The molecule has 1 saturated carbocycles. The van der Waals surface area contributed by atoms with Gasteiger partial charge >= 0.3 is 0 Å². The van der Waals surface area contributed by atoms with Crippen LogP contribution in [0.2, 0.25) is 0 Å². The summed E-state index contributed by atoms with van der Waals surface area (Å²) in [6.45, 7) is 5.01. The van der Waals surface area contributed by atoms with E-state index in [2.05, 4.69) is 37.6 Å². The molecule has 0 aromatic carbocycles. The Morgan fingerprint density at radius 1 is 1.41 bits per heavy atom. The van der Waals surface area contributed by atoms with Crippen molar-refractivity contribution in [3.05, 3.63) is 24.3 Å². The predicted octanol–water partition coefficient (Wildman–Crippen LogP) is 2.25. The van der Waals surface area contributed by atoms with Crippen LogP contribution >= 0.6 is 0 Å². The molecule has 2 aliphatic carbocycles. The summed E-state index contributed by atoms with van der Waals surface area (Å²) in [5.41, 5.74) is 2.94. The van der Waals surface area contributed by atoms with Crippen molar-refractivity contribution in [2.45, 2.75) is 32.8 Å². The van der Waals surface area contributed by atoms with E-state index in [1.54, 1.807) is 0 Å². The molecule has 3 heteroatoms. The SMILES string of the molecule is CC(C)CNOC1C(=O)CCC2C=CC=CC21. The van der Waals surface area contributed by atoms with Crippen LogP contribution < -0.4 is 5.48 Å². The number of ketones is 1. The Morgan fingerprint density at radius 3 is 2.94 bits per heavy atom. The topological polar surface area (TPSA) is 38.3 Å². The van der Waals surface area contributed by atoms with E-state index in [0.717, 1.165) is 13.0 Å². The fourth-order valence-corrected chi connectivity index (χ4v) is 2.40. The van der Waals surface area contributed by atoms with E-state index in [1.807, 2.05) is 6.08 Å². The van der Waals surface area contributed by atoms with Crippen molar-refractivity contribution in [2.24, 2.45) is 17.8 Å². The predicted molar refractivity (Wildman–Crippen MR) is 67.2 cm³/mol. The number of fused-ring (bicyclic) bond motifs is 1. The lowest BCUT2D eigenvalue weighted by atomic mass is 9.74. The van der Waals surface area contributed by atoms with E-state index >= 15 is 0 Å². The fraction of sp³-hybridized carbons (Fsp3) is 0.643. The average Bonchev–Trinajstić information content (AvgIpc) is 2.32. The van der Waals surface area contributed by atoms with Crippen LogP contribution in [0, 0.1) is 17.8 Å². The lowest BCUT2D eigenvalue weighted by Gasteiger charge is -2.34. The summed E-state index contributed by atoms with van der Waals surface area (Å²) in [6.07, 6.45) is 9.64. The number of Topliss-reactive ketones (excluding diaryl/α,β-unsaturated/α-hetero) is 1. The summed E-state index contributed by atoms with van der Waals surface area (Å²) in [6, 6.07) is 0. The number of rotatable bonds is 4. The van der Waals surface area contributed by atoms with Crippen LogP contribution in [0.4, 0.5) is 0 Å². The van der Waals surface area contributed by atoms with Gasteiger partial charge in [0.2, 0.25) is 0 Å². The molecule has 2 aliphatic rings. The Kier molecular flexibility index (Phi) is 4.13. The molecule has 0 saturated heterocycles. The van der Waals surface area contributed by atoms with Crippen molar-refractivity contribution >= 4 is 5.78 Å². The molecule has 17 heavy (non-hydrogen) atoms. The van der Waals surface area contributed by atoms with Crippen LogP contribution in [-0.2, 0) is 9.63 Å². The first kappa shape index (κ1) is 12.5. The van der Waals surface area contributed by atoms with E-state index in [9.17, 15) is 4.79 Å². The van der Waals surface area contributed by atoms with Crippen molar-refractivity contribution in [1.82, 2.24) is 5.48 Å². The van der Waals surface area contributed by atoms with Gasteiger partial charge in [-0.3, -0.25) is 9.63 Å². The van der Waals surface area contributed by atoms with Crippen LogP contribution in [0.5, 0.6) is 0 Å². The molecule has 0 aromatic rings. The van der Waals surface area contributed by atoms with Crippen molar-refractivity contribution in [2.75, 3.05) is 6.54 Å². The summed E-state index contributed by atoms with van der Waals surface area (Å²) in [5.74, 6) is 1.42. The molecular weight excluding hydrogens is 214 g/mol. The summed E-state index contributed by atoms with van der Waals surface area (Å²) in [7, 11) is 0. The van der Waals surface area contributed by atoms with Crippen molar-refractivity contribution in [3.63, 3.8) is 0 Å². The lowest BCUT2D eigenvalue weighted by molar-refractivity contribution is -0.145. The third-order valence-electron chi connectivity index (χ3n) is 3.39. The van der Waals surface area contributed by atoms with E-state index < -0.39 is 0 Å². The molecule has 3 nitrogen and oxygen atoms in total. The maximum atomic E-state index is 11.9. The third kappa shape index (κ3) is 3.05. The summed E-state index contributed by atoms with van der Waals surface area (Å²) in [4.78, 5) is 17.5. The molecule has 0 aromatic heterocycles. The van der Waals surface area contributed by atoms with E-state index in [0.29, 0.717) is 18.3 Å². The van der Waals surface area contributed by atoms with E-state index in [-0.39, 0.29) is 17.8 Å². The summed E-state index contributed by atoms with van der Waals surface area (Å²) >= 11 is 0. The molecule has 0 radical (unpaired) electrons. The highest BCUT2D eigenvalue weighted by Gasteiger charge is 2.37. The minimum Gasteiger partial charge on any atom is -0.297 e. The smallest absolute Gasteiger partial charge is 0.164 e. The number of carbonyl (C=O) groups excluding carboxylic acids is 1. The van der Waals surface area contributed by atoms with E-state index in [1.165, 1.54) is 0 Å². The second kappa shape index (κ2) is 5.61. The van der Waals surface area contributed by atoms with Gasteiger partial charge in [0.05, 0.1) is 0 Å². The first-order chi connectivity index (χ1) is 8.18. The molecule has 0 spiro atoms. The van der Waals surface area contributed by atoms with Gasteiger partial charge in [-0.2, -0.15) is 0 Å². The van der Waals surface area contributed by atoms with Crippen molar-refractivity contribution in [3.8, 4) is 0 Å². The zero-order chi connectivity index (χ0) is 12.3. The number of hydrogen-bond donors (Lipinski definition) is 1. The minimum absolute atomic E-state index is 0.209. The van der Waals surface area contributed by atoms with Gasteiger partial charge in [-0.25, -0.2) is 5.48 Å². The van der Waals surface area contributed by atoms with Gasteiger partial charge in [-0.1, -0.05) is 38.2 Å². The maximum absolute atomic E-state index is 11.9. The first-order valence-corrected chi connectivity index (χ1v) is 6.44. The Bertz CT molecular complexity index is 333. The zero-order valence-electron chi connectivity index (χ0n) is 10.6. The second-order valence-electron chi connectivity index (χ2n) is 5.30. The van der Waals surface area contributed by atoms with Gasteiger partial charge in [0.25, 0.3) is 0 Å².